The van der Waals surface area contributed by atoms with Crippen molar-refractivity contribution in [3.05, 3.63) is 119 Å². The Morgan fingerprint density at radius 1 is 0.828 bits per heavy atom. The summed E-state index contributed by atoms with van der Waals surface area (Å²) in [6, 6.07) is 29.7. The van der Waals surface area contributed by atoms with Crippen molar-refractivity contribution < 1.29 is 4.79 Å². The minimum Gasteiger partial charge on any atom is -0.302 e. The molecule has 3 aromatic carbocycles. The SMILES string of the molecule is O=C(c1ccccc1Br)N(Cc1ccccc1-c1ccccc1)c1cccnc1. The van der Waals surface area contributed by atoms with Crippen LogP contribution in [0.2, 0.25) is 0 Å². The summed E-state index contributed by atoms with van der Waals surface area (Å²) in [6.07, 6.45) is 3.43. The van der Waals surface area contributed by atoms with E-state index < -0.39 is 0 Å². The zero-order valence-corrected chi connectivity index (χ0v) is 17.3. The molecule has 0 atom stereocenters. The van der Waals surface area contributed by atoms with Crippen molar-refractivity contribution >= 4 is 27.5 Å². The number of carbonyl (C=O) groups is 1. The molecule has 1 heterocycles. The molecule has 1 aromatic heterocycles. The number of carbonyl (C=O) groups excluding carboxylic acids is 1. The Morgan fingerprint density at radius 3 is 2.31 bits per heavy atom. The first-order valence-electron chi connectivity index (χ1n) is 9.34. The van der Waals surface area contributed by atoms with Crippen LogP contribution in [0.5, 0.6) is 0 Å². The average molecular weight is 443 g/mol. The fourth-order valence-electron chi connectivity index (χ4n) is 3.30. The van der Waals surface area contributed by atoms with Gasteiger partial charge in [0.05, 0.1) is 24.0 Å². The van der Waals surface area contributed by atoms with Crippen LogP contribution in [0.15, 0.2) is 108 Å². The number of aromatic nitrogens is 1. The predicted molar refractivity (Wildman–Crippen MR) is 121 cm³/mol. The zero-order valence-electron chi connectivity index (χ0n) is 15.7. The van der Waals surface area contributed by atoms with E-state index in [0.717, 1.165) is 26.9 Å². The average Bonchev–Trinajstić information content (AvgIpc) is 2.79. The first-order chi connectivity index (χ1) is 14.2. The van der Waals surface area contributed by atoms with Crippen LogP contribution in [0.25, 0.3) is 11.1 Å². The molecule has 0 fully saturated rings. The molecule has 0 aliphatic heterocycles. The van der Waals surface area contributed by atoms with E-state index >= 15 is 0 Å². The van der Waals surface area contributed by atoms with Crippen molar-refractivity contribution in [1.29, 1.82) is 0 Å². The van der Waals surface area contributed by atoms with Gasteiger partial charge in [0.25, 0.3) is 5.91 Å². The van der Waals surface area contributed by atoms with Crippen molar-refractivity contribution in [1.82, 2.24) is 4.98 Å². The van der Waals surface area contributed by atoms with Crippen molar-refractivity contribution in [2.45, 2.75) is 6.54 Å². The molecule has 4 aromatic rings. The Bertz CT molecular complexity index is 1110. The molecule has 0 saturated heterocycles. The number of anilines is 1. The summed E-state index contributed by atoms with van der Waals surface area (Å²) in [6.45, 7) is 0.441. The van der Waals surface area contributed by atoms with Gasteiger partial charge in [-0.3, -0.25) is 9.78 Å². The monoisotopic (exact) mass is 442 g/mol. The summed E-state index contributed by atoms with van der Waals surface area (Å²) >= 11 is 3.51. The lowest BCUT2D eigenvalue weighted by Gasteiger charge is -2.24. The molecule has 4 heteroatoms. The Morgan fingerprint density at radius 2 is 1.55 bits per heavy atom. The Labute approximate surface area is 178 Å². The lowest BCUT2D eigenvalue weighted by molar-refractivity contribution is 0.0984. The maximum absolute atomic E-state index is 13.5. The Hall–Kier alpha value is -3.24. The minimum absolute atomic E-state index is 0.0756. The number of halogens is 1. The number of rotatable bonds is 5. The smallest absolute Gasteiger partial charge is 0.259 e. The molecular weight excluding hydrogens is 424 g/mol. The fourth-order valence-corrected chi connectivity index (χ4v) is 3.76. The van der Waals surface area contributed by atoms with Crippen molar-refractivity contribution in [3.63, 3.8) is 0 Å². The van der Waals surface area contributed by atoms with Crippen LogP contribution in [0.3, 0.4) is 0 Å². The van der Waals surface area contributed by atoms with Crippen molar-refractivity contribution in [2.75, 3.05) is 4.90 Å². The highest BCUT2D eigenvalue weighted by atomic mass is 79.9. The summed E-state index contributed by atoms with van der Waals surface area (Å²) < 4.78 is 0.773. The molecule has 142 valence electrons. The number of hydrogen-bond acceptors (Lipinski definition) is 2. The van der Waals surface area contributed by atoms with E-state index in [1.165, 1.54) is 0 Å². The molecular formula is C25H19BrN2O. The second-order valence-corrected chi connectivity index (χ2v) is 7.46. The molecule has 0 aliphatic rings. The highest BCUT2D eigenvalue weighted by Gasteiger charge is 2.21. The van der Waals surface area contributed by atoms with Crippen LogP contribution >= 0.6 is 15.9 Å². The molecule has 1 amide bonds. The van der Waals surface area contributed by atoms with Gasteiger partial charge in [-0.1, -0.05) is 66.7 Å². The van der Waals surface area contributed by atoms with E-state index in [1.807, 2.05) is 66.7 Å². The minimum atomic E-state index is -0.0756. The Kier molecular flexibility index (Phi) is 5.82. The number of benzene rings is 3. The normalized spacial score (nSPS) is 10.5. The lowest BCUT2D eigenvalue weighted by atomic mass is 9.99. The topological polar surface area (TPSA) is 33.2 Å². The lowest BCUT2D eigenvalue weighted by Crippen LogP contribution is -2.31. The largest absolute Gasteiger partial charge is 0.302 e. The van der Waals surface area contributed by atoms with Crippen LogP contribution in [-0.4, -0.2) is 10.9 Å². The van der Waals surface area contributed by atoms with Crippen LogP contribution in [0, 0.1) is 0 Å². The second-order valence-electron chi connectivity index (χ2n) is 6.61. The molecule has 0 bridgehead atoms. The summed E-state index contributed by atoms with van der Waals surface area (Å²) in [5.41, 5.74) is 4.69. The van der Waals surface area contributed by atoms with Gasteiger partial charge in [-0.25, -0.2) is 0 Å². The molecule has 3 nitrogen and oxygen atoms in total. The van der Waals surface area contributed by atoms with Crippen LogP contribution in [-0.2, 0) is 6.54 Å². The molecule has 4 rings (SSSR count). The molecule has 0 N–H and O–H groups in total. The quantitative estimate of drug-likeness (QED) is 0.360. The molecule has 0 aliphatic carbocycles. The van der Waals surface area contributed by atoms with E-state index in [4.69, 9.17) is 0 Å². The van der Waals surface area contributed by atoms with Crippen LogP contribution in [0.4, 0.5) is 5.69 Å². The summed E-state index contributed by atoms with van der Waals surface area (Å²) in [4.78, 5) is 19.5. The highest BCUT2D eigenvalue weighted by Crippen LogP contribution is 2.28. The number of amides is 1. The van der Waals surface area contributed by atoms with Gasteiger partial charge < -0.3 is 4.90 Å². The first-order valence-corrected chi connectivity index (χ1v) is 10.1. The van der Waals surface area contributed by atoms with E-state index in [0.29, 0.717) is 12.1 Å². The third-order valence-corrected chi connectivity index (χ3v) is 5.43. The van der Waals surface area contributed by atoms with Crippen LogP contribution < -0.4 is 4.90 Å². The van der Waals surface area contributed by atoms with Crippen LogP contribution in [0.1, 0.15) is 15.9 Å². The second kappa shape index (κ2) is 8.84. The van der Waals surface area contributed by atoms with Gasteiger partial charge in [0.2, 0.25) is 0 Å². The first kappa shape index (κ1) is 19.1. The summed E-state index contributed by atoms with van der Waals surface area (Å²) in [5.74, 6) is -0.0756. The fraction of sp³-hybridized carbons (Fsp3) is 0.0400. The Balaban J connectivity index is 1.77. The van der Waals surface area contributed by atoms with Gasteiger partial charge >= 0.3 is 0 Å². The molecule has 0 spiro atoms. The maximum Gasteiger partial charge on any atom is 0.259 e. The standard InChI is InChI=1S/C25H19BrN2O/c26-24-15-7-6-14-23(24)25(29)28(21-12-8-16-27-17-21)18-20-11-4-5-13-22(20)19-9-2-1-3-10-19/h1-17H,18H2. The zero-order chi connectivity index (χ0) is 20.1. The predicted octanol–water partition coefficient (Wildman–Crippen LogP) is 6.36. The van der Waals surface area contributed by atoms with Crippen molar-refractivity contribution in [2.24, 2.45) is 0 Å². The van der Waals surface area contributed by atoms with Gasteiger partial charge in [0.1, 0.15) is 0 Å². The number of nitrogens with zero attached hydrogens (tertiary/aromatic N) is 2. The number of hydrogen-bond donors (Lipinski definition) is 0. The highest BCUT2D eigenvalue weighted by molar-refractivity contribution is 9.10. The van der Waals surface area contributed by atoms with E-state index in [9.17, 15) is 4.79 Å². The van der Waals surface area contributed by atoms with Gasteiger partial charge in [0, 0.05) is 10.7 Å². The molecule has 0 unspecified atom stereocenters. The molecule has 0 radical (unpaired) electrons. The third kappa shape index (κ3) is 4.28. The van der Waals surface area contributed by atoms with E-state index in [1.54, 1.807) is 17.3 Å². The van der Waals surface area contributed by atoms with Gasteiger partial charge in [-0.05, 0) is 56.9 Å². The molecule has 0 saturated carbocycles. The summed E-state index contributed by atoms with van der Waals surface area (Å²) in [7, 11) is 0. The molecule has 29 heavy (non-hydrogen) atoms. The number of pyridine rings is 1. The van der Waals surface area contributed by atoms with Crippen molar-refractivity contribution in [3.8, 4) is 11.1 Å². The van der Waals surface area contributed by atoms with Gasteiger partial charge in [0.15, 0.2) is 0 Å². The maximum atomic E-state index is 13.5. The van der Waals surface area contributed by atoms with Gasteiger partial charge in [-0.2, -0.15) is 0 Å². The van der Waals surface area contributed by atoms with E-state index in [-0.39, 0.29) is 5.91 Å². The third-order valence-electron chi connectivity index (χ3n) is 4.74. The van der Waals surface area contributed by atoms with E-state index in [2.05, 4.69) is 45.2 Å². The summed E-state index contributed by atoms with van der Waals surface area (Å²) in [5, 5.41) is 0. The van der Waals surface area contributed by atoms with Gasteiger partial charge in [-0.15, -0.1) is 0 Å².